The van der Waals surface area contributed by atoms with E-state index in [1.54, 1.807) is 30.3 Å². The number of aromatic nitrogens is 1. The number of methoxy groups -OCH3 is 1. The number of nitrogens with zero attached hydrogens (tertiary/aromatic N) is 1. The van der Waals surface area contributed by atoms with Crippen LogP contribution in [0.5, 0.6) is 17.2 Å². The highest BCUT2D eigenvalue weighted by Crippen LogP contribution is 2.31. The molecule has 0 bridgehead atoms. The fourth-order valence-corrected chi connectivity index (χ4v) is 5.39. The molecule has 1 aromatic heterocycles. The maximum atomic E-state index is 13.0. The second-order valence-electron chi connectivity index (χ2n) is 7.77. The van der Waals surface area contributed by atoms with Crippen LogP contribution in [0.15, 0.2) is 112 Å². The quantitative estimate of drug-likeness (QED) is 0.217. The lowest BCUT2D eigenvalue weighted by atomic mass is 10.2. The summed E-state index contributed by atoms with van der Waals surface area (Å²) in [6.07, 6.45) is 0. The summed E-state index contributed by atoms with van der Waals surface area (Å²) in [5.41, 5.74) is 2.37. The van der Waals surface area contributed by atoms with Gasteiger partial charge in [-0.1, -0.05) is 54.2 Å². The molecule has 9 heteroatoms. The van der Waals surface area contributed by atoms with Gasteiger partial charge < -0.3 is 13.9 Å². The van der Waals surface area contributed by atoms with E-state index in [0.29, 0.717) is 33.5 Å². The first kappa shape index (κ1) is 23.8. The average Bonchev–Trinajstić information content (AvgIpc) is 3.31. The van der Waals surface area contributed by atoms with Gasteiger partial charge in [0, 0.05) is 5.75 Å². The van der Waals surface area contributed by atoms with E-state index in [1.165, 1.54) is 31.0 Å². The maximum absolute atomic E-state index is 13.0. The molecule has 0 atom stereocenters. The van der Waals surface area contributed by atoms with Gasteiger partial charge in [0.15, 0.2) is 5.58 Å². The highest BCUT2D eigenvalue weighted by molar-refractivity contribution is 7.98. The van der Waals surface area contributed by atoms with Crippen LogP contribution < -0.4 is 14.2 Å². The van der Waals surface area contributed by atoms with Crippen LogP contribution in [-0.2, 0) is 15.8 Å². The lowest BCUT2D eigenvalue weighted by molar-refractivity contribution is 0.417. The Morgan fingerprint density at radius 2 is 1.67 bits per heavy atom. The third-order valence-electron chi connectivity index (χ3n) is 5.24. The number of sulfonamides is 1. The number of nitrogens with one attached hydrogen (secondary N) is 1. The van der Waals surface area contributed by atoms with Crippen molar-refractivity contribution in [3.63, 3.8) is 0 Å². The zero-order valence-electron chi connectivity index (χ0n) is 19.2. The second-order valence-corrected chi connectivity index (χ2v) is 10.4. The van der Waals surface area contributed by atoms with Crippen LogP contribution in [0.25, 0.3) is 11.1 Å². The van der Waals surface area contributed by atoms with E-state index in [9.17, 15) is 8.42 Å². The Labute approximate surface area is 213 Å². The van der Waals surface area contributed by atoms with Crippen molar-refractivity contribution >= 4 is 38.6 Å². The number of fused-ring (bicyclic) bond motifs is 1. The zero-order valence-corrected chi connectivity index (χ0v) is 20.9. The van der Waals surface area contributed by atoms with E-state index < -0.39 is 10.0 Å². The molecular weight excluding hydrogens is 496 g/mol. The van der Waals surface area contributed by atoms with Crippen LogP contribution >= 0.6 is 11.8 Å². The first-order chi connectivity index (χ1) is 17.5. The van der Waals surface area contributed by atoms with Gasteiger partial charge in [-0.25, -0.2) is 13.4 Å². The van der Waals surface area contributed by atoms with Crippen molar-refractivity contribution in [1.29, 1.82) is 0 Å². The molecule has 4 aromatic carbocycles. The molecule has 0 amide bonds. The van der Waals surface area contributed by atoms with Gasteiger partial charge in [-0.2, -0.15) is 0 Å². The minimum atomic E-state index is -3.85. The Hall–Kier alpha value is -3.95. The summed E-state index contributed by atoms with van der Waals surface area (Å²) in [4.78, 5) is 4.56. The van der Waals surface area contributed by atoms with E-state index in [-0.39, 0.29) is 4.90 Å². The fourth-order valence-electron chi connectivity index (χ4n) is 3.52. The summed E-state index contributed by atoms with van der Waals surface area (Å²) in [5, 5.41) is 0.451. The summed E-state index contributed by atoms with van der Waals surface area (Å²) in [7, 11) is -2.36. The minimum Gasteiger partial charge on any atom is -0.495 e. The predicted octanol–water partition coefficient (Wildman–Crippen LogP) is 6.72. The second kappa shape index (κ2) is 10.3. The molecule has 1 heterocycles. The number of para-hydroxylation sites is 3. The first-order valence-corrected chi connectivity index (χ1v) is 13.5. The Kier molecular flexibility index (Phi) is 6.84. The van der Waals surface area contributed by atoms with E-state index in [1.807, 2.05) is 54.6 Å². The molecule has 0 radical (unpaired) electrons. The van der Waals surface area contributed by atoms with Gasteiger partial charge in [0.25, 0.3) is 15.2 Å². The molecule has 0 unspecified atom stereocenters. The van der Waals surface area contributed by atoms with Crippen LogP contribution in [0.1, 0.15) is 5.56 Å². The molecule has 0 spiro atoms. The van der Waals surface area contributed by atoms with Crippen LogP contribution in [0, 0.1) is 0 Å². The van der Waals surface area contributed by atoms with Gasteiger partial charge in [0.1, 0.15) is 22.8 Å². The molecule has 182 valence electrons. The third-order valence-corrected chi connectivity index (χ3v) is 7.50. The average molecular weight is 519 g/mol. The van der Waals surface area contributed by atoms with Crippen molar-refractivity contribution in [3.8, 4) is 17.2 Å². The van der Waals surface area contributed by atoms with Gasteiger partial charge in [0.05, 0.1) is 17.7 Å². The molecule has 5 rings (SSSR count). The molecule has 36 heavy (non-hydrogen) atoms. The molecule has 7 nitrogen and oxygen atoms in total. The normalized spacial score (nSPS) is 11.4. The van der Waals surface area contributed by atoms with Crippen LogP contribution in [0.2, 0.25) is 0 Å². The van der Waals surface area contributed by atoms with Crippen molar-refractivity contribution in [1.82, 2.24) is 4.98 Å². The molecule has 0 saturated carbocycles. The van der Waals surface area contributed by atoms with Gasteiger partial charge in [-0.15, -0.1) is 0 Å². The Balaban J connectivity index is 1.29. The van der Waals surface area contributed by atoms with Crippen LogP contribution in [0.4, 0.5) is 5.69 Å². The molecule has 0 aliphatic heterocycles. The lowest BCUT2D eigenvalue weighted by Crippen LogP contribution is -2.13. The molecule has 0 saturated heterocycles. The van der Waals surface area contributed by atoms with E-state index in [0.717, 1.165) is 17.1 Å². The Morgan fingerprint density at radius 1 is 0.889 bits per heavy atom. The molecule has 5 aromatic rings. The maximum Gasteiger partial charge on any atom is 0.262 e. The number of rotatable bonds is 9. The smallest absolute Gasteiger partial charge is 0.262 e. The van der Waals surface area contributed by atoms with Crippen molar-refractivity contribution in [3.05, 3.63) is 103 Å². The Bertz CT molecular complexity index is 1600. The number of oxazole rings is 1. The highest BCUT2D eigenvalue weighted by atomic mass is 32.2. The zero-order chi connectivity index (χ0) is 25.0. The number of ether oxygens (including phenoxy) is 2. The highest BCUT2D eigenvalue weighted by Gasteiger charge is 2.18. The SMILES string of the molecule is COc1ccccc1NS(=O)(=O)c1ccc2oc(SCc3cccc(Oc4ccccc4)c3)nc2c1. The fraction of sp³-hybridized carbons (Fsp3) is 0.0741. The van der Waals surface area contributed by atoms with E-state index in [2.05, 4.69) is 9.71 Å². The van der Waals surface area contributed by atoms with E-state index >= 15 is 0 Å². The number of thioether (sulfide) groups is 1. The first-order valence-electron chi connectivity index (χ1n) is 11.0. The third kappa shape index (κ3) is 5.48. The number of anilines is 1. The molecule has 0 fully saturated rings. The van der Waals surface area contributed by atoms with Crippen LogP contribution in [-0.4, -0.2) is 20.5 Å². The standard InChI is InChI=1S/C27H22N2O5S2/c1-32-25-13-6-5-12-23(25)29-36(30,31)22-14-15-26-24(17-22)28-27(34-26)35-18-19-8-7-11-21(16-19)33-20-9-3-2-4-10-20/h2-17,29H,18H2,1H3. The van der Waals surface area contributed by atoms with Crippen molar-refractivity contribution in [2.75, 3.05) is 11.8 Å². The molecular formula is C27H22N2O5S2. The summed E-state index contributed by atoms with van der Waals surface area (Å²) in [6, 6.07) is 28.8. The number of hydrogen-bond acceptors (Lipinski definition) is 7. The van der Waals surface area contributed by atoms with Gasteiger partial charge in [-0.3, -0.25) is 4.72 Å². The summed E-state index contributed by atoms with van der Waals surface area (Å²) >= 11 is 1.42. The van der Waals surface area contributed by atoms with Crippen molar-refractivity contribution < 1.29 is 22.3 Å². The van der Waals surface area contributed by atoms with E-state index in [4.69, 9.17) is 13.9 Å². The van der Waals surface area contributed by atoms with Crippen LogP contribution in [0.3, 0.4) is 0 Å². The largest absolute Gasteiger partial charge is 0.495 e. The number of hydrogen-bond donors (Lipinski definition) is 1. The summed E-state index contributed by atoms with van der Waals surface area (Å²) in [6.45, 7) is 0. The van der Waals surface area contributed by atoms with Gasteiger partial charge >= 0.3 is 0 Å². The van der Waals surface area contributed by atoms with Gasteiger partial charge in [0.2, 0.25) is 0 Å². The molecule has 1 N–H and O–H groups in total. The topological polar surface area (TPSA) is 90.7 Å². The van der Waals surface area contributed by atoms with Crippen molar-refractivity contribution in [2.24, 2.45) is 0 Å². The van der Waals surface area contributed by atoms with Gasteiger partial charge in [-0.05, 0) is 60.2 Å². The summed E-state index contributed by atoms with van der Waals surface area (Å²) < 4.78 is 45.4. The number of benzene rings is 4. The molecule has 0 aliphatic carbocycles. The summed E-state index contributed by atoms with van der Waals surface area (Å²) in [5.74, 6) is 2.56. The predicted molar refractivity (Wildman–Crippen MR) is 140 cm³/mol. The molecule has 0 aliphatic rings. The Morgan fingerprint density at radius 3 is 2.50 bits per heavy atom. The monoisotopic (exact) mass is 518 g/mol. The minimum absolute atomic E-state index is 0.0801. The van der Waals surface area contributed by atoms with Crippen molar-refractivity contribution in [2.45, 2.75) is 15.9 Å². The lowest BCUT2D eigenvalue weighted by Gasteiger charge is -2.11.